The molecule has 0 unspecified atom stereocenters. The molecule has 0 aliphatic rings. The first-order valence-electron chi connectivity index (χ1n) is 5.14. The van der Waals surface area contributed by atoms with E-state index >= 15 is 0 Å². The van der Waals surface area contributed by atoms with Crippen molar-refractivity contribution in [1.29, 1.82) is 0 Å². The van der Waals surface area contributed by atoms with Crippen LogP contribution in [0.2, 0.25) is 0 Å². The van der Waals surface area contributed by atoms with Crippen molar-refractivity contribution >= 4 is 21.6 Å². The Hall–Kier alpha value is -1.05. The lowest BCUT2D eigenvalue weighted by molar-refractivity contribution is -0.0776. The quantitative estimate of drug-likeness (QED) is 0.619. The highest BCUT2D eigenvalue weighted by atomic mass is 32.1. The van der Waals surface area contributed by atoms with Crippen molar-refractivity contribution in [1.82, 2.24) is 4.98 Å². The number of nitrogens with zero attached hydrogens (tertiary/aromatic N) is 1. The van der Waals surface area contributed by atoms with Crippen LogP contribution in [-0.2, 0) is 0 Å². The molecule has 0 fully saturated rings. The van der Waals surface area contributed by atoms with Crippen molar-refractivity contribution in [2.24, 2.45) is 0 Å². The zero-order chi connectivity index (χ0) is 12.4. The van der Waals surface area contributed by atoms with Crippen molar-refractivity contribution < 1.29 is 20.4 Å². The highest BCUT2D eigenvalue weighted by molar-refractivity contribution is 7.18. The summed E-state index contributed by atoms with van der Waals surface area (Å²) in [6.45, 7) is -0.608. The smallest absolute Gasteiger partial charge is 0.134 e. The SMILES string of the molecule is OC[C@@H](O)[C@H](O)[C@H](O)c1nc2ccccc2s1. The van der Waals surface area contributed by atoms with Gasteiger partial charge in [0.15, 0.2) is 0 Å². The lowest BCUT2D eigenvalue weighted by Gasteiger charge is -2.19. The van der Waals surface area contributed by atoms with E-state index in [4.69, 9.17) is 5.11 Å². The van der Waals surface area contributed by atoms with Crippen LogP contribution in [0, 0.1) is 0 Å². The number of benzene rings is 1. The summed E-state index contributed by atoms with van der Waals surface area (Å²) in [5.41, 5.74) is 0.734. The molecule has 1 aromatic carbocycles. The summed E-state index contributed by atoms with van der Waals surface area (Å²) < 4.78 is 0.896. The molecular formula is C11H13NO4S. The maximum absolute atomic E-state index is 9.82. The minimum absolute atomic E-state index is 0.325. The molecule has 2 rings (SSSR count). The number of aliphatic hydroxyl groups excluding tert-OH is 4. The highest BCUT2D eigenvalue weighted by Gasteiger charge is 2.27. The van der Waals surface area contributed by atoms with E-state index in [9.17, 15) is 15.3 Å². The minimum atomic E-state index is -1.44. The van der Waals surface area contributed by atoms with Crippen LogP contribution in [0.1, 0.15) is 11.1 Å². The molecule has 1 aromatic heterocycles. The van der Waals surface area contributed by atoms with Crippen molar-refractivity contribution in [2.75, 3.05) is 6.61 Å². The summed E-state index contributed by atoms with van der Waals surface area (Å²) in [7, 11) is 0. The fourth-order valence-electron chi connectivity index (χ4n) is 1.48. The summed E-state index contributed by atoms with van der Waals surface area (Å²) in [6.07, 6.45) is -4.12. The predicted octanol–water partition coefficient (Wildman–Crippen LogP) is 0.0438. The van der Waals surface area contributed by atoms with Gasteiger partial charge < -0.3 is 20.4 Å². The van der Waals surface area contributed by atoms with Crippen molar-refractivity contribution in [2.45, 2.75) is 18.3 Å². The topological polar surface area (TPSA) is 93.8 Å². The molecule has 0 spiro atoms. The van der Waals surface area contributed by atoms with E-state index in [1.165, 1.54) is 11.3 Å². The van der Waals surface area contributed by atoms with Gasteiger partial charge in [0.2, 0.25) is 0 Å². The number of aliphatic hydroxyl groups is 4. The molecule has 3 atom stereocenters. The van der Waals surface area contributed by atoms with Gasteiger partial charge in [-0.15, -0.1) is 11.3 Å². The normalized spacial score (nSPS) is 16.9. The van der Waals surface area contributed by atoms with Gasteiger partial charge in [-0.25, -0.2) is 4.98 Å². The Balaban J connectivity index is 2.27. The van der Waals surface area contributed by atoms with Crippen LogP contribution in [0.25, 0.3) is 10.2 Å². The van der Waals surface area contributed by atoms with E-state index in [-0.39, 0.29) is 0 Å². The summed E-state index contributed by atoms with van der Waals surface area (Å²) in [6, 6.07) is 7.35. The maximum Gasteiger partial charge on any atom is 0.134 e. The lowest BCUT2D eigenvalue weighted by Crippen LogP contribution is -2.34. The molecule has 6 heteroatoms. The number of hydrogen-bond donors (Lipinski definition) is 4. The average Bonchev–Trinajstić information content (AvgIpc) is 2.79. The van der Waals surface area contributed by atoms with Crippen LogP contribution in [0.5, 0.6) is 0 Å². The molecule has 0 aliphatic carbocycles. The molecule has 0 saturated carbocycles. The van der Waals surface area contributed by atoms with E-state index in [1.807, 2.05) is 18.2 Å². The molecule has 5 nitrogen and oxygen atoms in total. The van der Waals surface area contributed by atoms with Crippen molar-refractivity contribution in [3.63, 3.8) is 0 Å². The number of thiazole rings is 1. The molecule has 0 radical (unpaired) electrons. The maximum atomic E-state index is 9.82. The highest BCUT2D eigenvalue weighted by Crippen LogP contribution is 2.28. The van der Waals surface area contributed by atoms with Gasteiger partial charge in [-0.1, -0.05) is 12.1 Å². The molecule has 2 aromatic rings. The first-order valence-corrected chi connectivity index (χ1v) is 5.95. The van der Waals surface area contributed by atoms with Crippen LogP contribution < -0.4 is 0 Å². The molecule has 17 heavy (non-hydrogen) atoms. The second kappa shape index (κ2) is 5.07. The van der Waals surface area contributed by atoms with Crippen LogP contribution in [0.3, 0.4) is 0 Å². The van der Waals surface area contributed by atoms with E-state index in [0.29, 0.717) is 5.01 Å². The number of hydrogen-bond acceptors (Lipinski definition) is 6. The van der Waals surface area contributed by atoms with Gasteiger partial charge >= 0.3 is 0 Å². The van der Waals surface area contributed by atoms with Crippen molar-refractivity contribution in [3.05, 3.63) is 29.3 Å². The summed E-state index contributed by atoms with van der Waals surface area (Å²) >= 11 is 1.25. The molecule has 0 aliphatic heterocycles. The number of rotatable bonds is 4. The Morgan fingerprint density at radius 3 is 2.53 bits per heavy atom. The van der Waals surface area contributed by atoms with Crippen LogP contribution in [-0.4, -0.2) is 44.2 Å². The van der Waals surface area contributed by atoms with Gasteiger partial charge in [0.1, 0.15) is 23.3 Å². The third-order valence-electron chi connectivity index (χ3n) is 2.47. The Labute approximate surface area is 102 Å². The zero-order valence-corrected chi connectivity index (χ0v) is 9.71. The molecule has 1 heterocycles. The molecule has 4 N–H and O–H groups in total. The first kappa shape index (κ1) is 12.4. The van der Waals surface area contributed by atoms with Gasteiger partial charge in [0.05, 0.1) is 16.8 Å². The summed E-state index contributed by atoms with van der Waals surface area (Å²) in [5, 5.41) is 37.7. The van der Waals surface area contributed by atoms with E-state index in [1.54, 1.807) is 6.07 Å². The van der Waals surface area contributed by atoms with E-state index in [2.05, 4.69) is 4.98 Å². The Morgan fingerprint density at radius 2 is 1.88 bits per heavy atom. The fourth-order valence-corrected chi connectivity index (χ4v) is 2.48. The molecular weight excluding hydrogens is 242 g/mol. The molecule has 0 amide bonds. The van der Waals surface area contributed by atoms with Gasteiger partial charge in [0.25, 0.3) is 0 Å². The number of para-hydroxylation sites is 1. The summed E-state index contributed by atoms with van der Waals surface area (Å²) in [5.74, 6) is 0. The number of fused-ring (bicyclic) bond motifs is 1. The Kier molecular flexibility index (Phi) is 3.70. The van der Waals surface area contributed by atoms with Gasteiger partial charge in [-0.05, 0) is 12.1 Å². The van der Waals surface area contributed by atoms with Crippen LogP contribution >= 0.6 is 11.3 Å². The molecule has 92 valence electrons. The fraction of sp³-hybridized carbons (Fsp3) is 0.364. The Morgan fingerprint density at radius 1 is 1.18 bits per heavy atom. The standard InChI is InChI=1S/C11H13NO4S/c13-5-7(14)9(15)10(16)11-12-6-3-1-2-4-8(6)17-11/h1-4,7,9-10,13-16H,5H2/t7-,9+,10+/m1/s1. The third-order valence-corrected chi connectivity index (χ3v) is 3.58. The second-order valence-electron chi connectivity index (χ2n) is 3.71. The molecule has 0 saturated heterocycles. The largest absolute Gasteiger partial charge is 0.394 e. The Bertz CT molecular complexity index is 468. The predicted molar refractivity (Wildman–Crippen MR) is 63.7 cm³/mol. The van der Waals surface area contributed by atoms with Gasteiger partial charge in [-0.2, -0.15) is 0 Å². The van der Waals surface area contributed by atoms with E-state index in [0.717, 1.165) is 10.2 Å². The van der Waals surface area contributed by atoms with Crippen LogP contribution in [0.15, 0.2) is 24.3 Å². The van der Waals surface area contributed by atoms with Gasteiger partial charge in [0, 0.05) is 0 Å². The second-order valence-corrected chi connectivity index (χ2v) is 4.77. The average molecular weight is 255 g/mol. The molecule has 0 bridgehead atoms. The van der Waals surface area contributed by atoms with Crippen molar-refractivity contribution in [3.8, 4) is 0 Å². The van der Waals surface area contributed by atoms with E-state index < -0.39 is 24.9 Å². The van der Waals surface area contributed by atoms with Crippen LogP contribution in [0.4, 0.5) is 0 Å². The first-order chi connectivity index (χ1) is 8.13. The number of aromatic nitrogens is 1. The monoisotopic (exact) mass is 255 g/mol. The van der Waals surface area contributed by atoms with Gasteiger partial charge in [-0.3, -0.25) is 0 Å². The minimum Gasteiger partial charge on any atom is -0.394 e. The summed E-state index contributed by atoms with van der Waals surface area (Å²) in [4.78, 5) is 4.17. The lowest BCUT2D eigenvalue weighted by atomic mass is 10.1. The zero-order valence-electron chi connectivity index (χ0n) is 8.89. The third kappa shape index (κ3) is 2.46.